The summed E-state index contributed by atoms with van der Waals surface area (Å²) in [5, 5.41) is 38.9. The monoisotopic (exact) mass is 342 g/mol. The van der Waals surface area contributed by atoms with Crippen molar-refractivity contribution < 1.29 is 39.4 Å². The third kappa shape index (κ3) is 2.90. The average molecular weight is 342 g/mol. The molecular formula is C16H22O8. The lowest BCUT2D eigenvalue weighted by Gasteiger charge is -2.42. The van der Waals surface area contributed by atoms with Crippen molar-refractivity contribution in [1.82, 2.24) is 0 Å². The normalized spacial score (nSPS) is 45.3. The molecule has 0 radical (unpaired) electrons. The summed E-state index contributed by atoms with van der Waals surface area (Å²) in [6, 6.07) is 0. The second-order valence-electron chi connectivity index (χ2n) is 6.40. The van der Waals surface area contributed by atoms with Gasteiger partial charge < -0.3 is 34.6 Å². The van der Waals surface area contributed by atoms with Crippen molar-refractivity contribution in [3.63, 3.8) is 0 Å². The smallest absolute Gasteiger partial charge is 0.208 e. The molecule has 8 atom stereocenters. The predicted octanol–water partition coefficient (Wildman–Crippen LogP) is -1.18. The topological polar surface area (TPSA) is 126 Å². The van der Waals surface area contributed by atoms with Gasteiger partial charge in [0, 0.05) is 17.4 Å². The van der Waals surface area contributed by atoms with Gasteiger partial charge in [0.25, 0.3) is 0 Å². The number of ether oxygens (including phenoxy) is 3. The second kappa shape index (κ2) is 6.91. The lowest BCUT2D eigenvalue weighted by molar-refractivity contribution is -0.339. The Morgan fingerprint density at radius 1 is 1.25 bits per heavy atom. The van der Waals surface area contributed by atoms with Gasteiger partial charge >= 0.3 is 0 Å². The fraction of sp³-hybridized carbons (Fsp3) is 0.688. The molecular weight excluding hydrogens is 320 g/mol. The van der Waals surface area contributed by atoms with E-state index in [2.05, 4.69) is 6.58 Å². The third-order valence-electron chi connectivity index (χ3n) is 4.99. The Hall–Kier alpha value is -1.29. The summed E-state index contributed by atoms with van der Waals surface area (Å²) in [4.78, 5) is 11.1. The Morgan fingerprint density at radius 3 is 2.67 bits per heavy atom. The summed E-state index contributed by atoms with van der Waals surface area (Å²) in [5.41, 5.74) is 1.41. The number of fused-ring (bicyclic) bond motifs is 1. The first-order valence-electron chi connectivity index (χ1n) is 7.92. The van der Waals surface area contributed by atoms with Gasteiger partial charge in [0.15, 0.2) is 6.29 Å². The molecule has 0 bridgehead atoms. The van der Waals surface area contributed by atoms with Gasteiger partial charge in [0.2, 0.25) is 6.29 Å². The van der Waals surface area contributed by atoms with Gasteiger partial charge in [-0.3, -0.25) is 4.79 Å². The van der Waals surface area contributed by atoms with Gasteiger partial charge in [-0.2, -0.15) is 0 Å². The number of hydrogen-bond acceptors (Lipinski definition) is 8. The van der Waals surface area contributed by atoms with Crippen molar-refractivity contribution in [2.24, 2.45) is 11.8 Å². The number of hydrogen-bond donors (Lipinski definition) is 4. The molecule has 0 amide bonds. The zero-order valence-electron chi connectivity index (χ0n) is 13.0. The minimum Gasteiger partial charge on any atom is -0.471 e. The molecule has 134 valence electrons. The molecule has 0 aromatic rings. The van der Waals surface area contributed by atoms with E-state index in [0.29, 0.717) is 5.57 Å². The molecule has 1 aliphatic carbocycles. The van der Waals surface area contributed by atoms with E-state index >= 15 is 0 Å². The minimum atomic E-state index is -1.52. The molecule has 1 saturated heterocycles. The standard InChI is InChI=1S/C16H22O8/c1-7-2-3-9-8(4-17)6-22-15(11(7)9)24-16-14(21)13(20)12(19)10(5-18)23-16/h4,6,9-16,18-21H,1-3,5H2. The van der Waals surface area contributed by atoms with Gasteiger partial charge in [-0.15, -0.1) is 0 Å². The number of aliphatic hydroxyl groups excluding tert-OH is 4. The van der Waals surface area contributed by atoms with Crippen molar-refractivity contribution >= 4 is 6.29 Å². The molecule has 8 heteroatoms. The van der Waals surface area contributed by atoms with Crippen LogP contribution in [0.15, 0.2) is 24.0 Å². The summed E-state index contributed by atoms with van der Waals surface area (Å²) < 4.78 is 16.5. The number of rotatable bonds is 4. The maximum atomic E-state index is 11.1. The highest BCUT2D eigenvalue weighted by Gasteiger charge is 2.48. The van der Waals surface area contributed by atoms with E-state index in [4.69, 9.17) is 14.2 Å². The van der Waals surface area contributed by atoms with Crippen molar-refractivity contribution in [3.8, 4) is 0 Å². The summed E-state index contributed by atoms with van der Waals surface area (Å²) in [6.07, 6.45) is -4.08. The first-order chi connectivity index (χ1) is 11.5. The average Bonchev–Trinajstić information content (AvgIpc) is 2.98. The van der Waals surface area contributed by atoms with Crippen LogP contribution in [0.4, 0.5) is 0 Å². The van der Waals surface area contributed by atoms with E-state index in [0.717, 1.165) is 24.7 Å². The van der Waals surface area contributed by atoms with E-state index in [1.54, 1.807) is 0 Å². The Kier molecular flexibility index (Phi) is 5.05. The highest BCUT2D eigenvalue weighted by molar-refractivity contribution is 5.74. The largest absolute Gasteiger partial charge is 0.471 e. The lowest BCUT2D eigenvalue weighted by atomic mass is 9.86. The van der Waals surface area contributed by atoms with Crippen molar-refractivity contribution in [2.75, 3.05) is 6.61 Å². The zero-order chi connectivity index (χ0) is 17.4. The fourth-order valence-corrected chi connectivity index (χ4v) is 3.59. The molecule has 0 aromatic carbocycles. The Balaban J connectivity index is 1.76. The first kappa shape index (κ1) is 17.5. The lowest BCUT2D eigenvalue weighted by Crippen LogP contribution is -2.60. The van der Waals surface area contributed by atoms with E-state index in [-0.39, 0.29) is 11.8 Å². The van der Waals surface area contributed by atoms with Crippen molar-refractivity contribution in [2.45, 2.75) is 49.8 Å². The summed E-state index contributed by atoms with van der Waals surface area (Å²) in [7, 11) is 0. The molecule has 0 aromatic heterocycles. The SMILES string of the molecule is C=C1CCC2C(C=O)=COC(OC3OC(CO)C(O)C(O)C3O)C12. The van der Waals surface area contributed by atoms with E-state index in [9.17, 15) is 25.2 Å². The van der Waals surface area contributed by atoms with Crippen LogP contribution in [-0.4, -0.2) is 70.3 Å². The van der Waals surface area contributed by atoms with Gasteiger partial charge in [0.05, 0.1) is 12.9 Å². The summed E-state index contributed by atoms with van der Waals surface area (Å²) in [5.74, 6) is -0.332. The van der Waals surface area contributed by atoms with Crippen LogP contribution in [0.2, 0.25) is 0 Å². The third-order valence-corrected chi connectivity index (χ3v) is 4.99. The van der Waals surface area contributed by atoms with E-state index in [1.807, 2.05) is 0 Å². The Morgan fingerprint density at radius 2 is 2.00 bits per heavy atom. The van der Waals surface area contributed by atoms with Crippen LogP contribution in [0, 0.1) is 11.8 Å². The van der Waals surface area contributed by atoms with Crippen LogP contribution in [-0.2, 0) is 19.0 Å². The van der Waals surface area contributed by atoms with Gasteiger partial charge in [0.1, 0.15) is 30.7 Å². The molecule has 2 aliphatic heterocycles. The van der Waals surface area contributed by atoms with Gasteiger partial charge in [-0.05, 0) is 12.8 Å². The maximum Gasteiger partial charge on any atom is 0.208 e. The highest BCUT2D eigenvalue weighted by Crippen LogP contribution is 2.45. The Bertz CT molecular complexity index is 530. The molecule has 3 rings (SSSR count). The van der Waals surface area contributed by atoms with Crippen LogP contribution in [0.25, 0.3) is 0 Å². The van der Waals surface area contributed by atoms with Crippen LogP contribution >= 0.6 is 0 Å². The van der Waals surface area contributed by atoms with Crippen LogP contribution in [0.1, 0.15) is 12.8 Å². The predicted molar refractivity (Wildman–Crippen MR) is 79.2 cm³/mol. The van der Waals surface area contributed by atoms with Gasteiger partial charge in [-0.1, -0.05) is 12.2 Å². The molecule has 3 aliphatic rings. The second-order valence-corrected chi connectivity index (χ2v) is 6.40. The van der Waals surface area contributed by atoms with Crippen LogP contribution in [0.5, 0.6) is 0 Å². The first-order valence-corrected chi connectivity index (χ1v) is 7.92. The van der Waals surface area contributed by atoms with Gasteiger partial charge in [-0.25, -0.2) is 0 Å². The molecule has 2 fully saturated rings. The van der Waals surface area contributed by atoms with Crippen LogP contribution < -0.4 is 0 Å². The molecule has 8 nitrogen and oxygen atoms in total. The maximum absolute atomic E-state index is 11.1. The molecule has 24 heavy (non-hydrogen) atoms. The highest BCUT2D eigenvalue weighted by atomic mass is 16.8. The number of aldehydes is 1. The molecule has 1 saturated carbocycles. The molecule has 8 unspecified atom stereocenters. The quantitative estimate of drug-likeness (QED) is 0.372. The summed E-state index contributed by atoms with van der Waals surface area (Å²) >= 11 is 0. The molecule has 0 spiro atoms. The Labute approximate surface area is 138 Å². The number of aliphatic hydroxyl groups is 4. The number of carbonyl (C=O) groups is 1. The molecule has 2 heterocycles. The van der Waals surface area contributed by atoms with Crippen molar-refractivity contribution in [3.05, 3.63) is 24.0 Å². The molecule has 4 N–H and O–H groups in total. The fourth-order valence-electron chi connectivity index (χ4n) is 3.59. The summed E-state index contributed by atoms with van der Waals surface area (Å²) in [6.45, 7) is 3.45. The zero-order valence-corrected chi connectivity index (χ0v) is 13.0. The number of carbonyl (C=O) groups excluding carboxylic acids is 1. The number of allylic oxidation sites excluding steroid dienone is 1. The van der Waals surface area contributed by atoms with Crippen LogP contribution in [0.3, 0.4) is 0 Å². The van der Waals surface area contributed by atoms with E-state index < -0.39 is 43.6 Å². The van der Waals surface area contributed by atoms with E-state index in [1.165, 1.54) is 6.26 Å². The minimum absolute atomic E-state index is 0.0707. The van der Waals surface area contributed by atoms with Crippen molar-refractivity contribution in [1.29, 1.82) is 0 Å².